The van der Waals surface area contributed by atoms with E-state index in [2.05, 4.69) is 17.4 Å². The molecule has 2 amide bonds. The largest absolute Gasteiger partial charge is 0.497 e. The summed E-state index contributed by atoms with van der Waals surface area (Å²) in [5, 5.41) is 3.57. The smallest absolute Gasteiger partial charge is 0.485 e. The molecule has 2 unspecified atom stereocenters. The molecular weight excluding hydrogens is 501 g/mol. The zero-order valence-corrected chi connectivity index (χ0v) is 23.7. The Bertz CT molecular complexity index is 1060. The topological polar surface area (TPSA) is 103 Å². The van der Waals surface area contributed by atoms with Gasteiger partial charge in [-0.25, -0.2) is 0 Å². The van der Waals surface area contributed by atoms with Crippen molar-refractivity contribution in [3.63, 3.8) is 0 Å². The molecule has 3 fully saturated rings. The molecule has 3 aliphatic heterocycles. The zero-order valence-electron chi connectivity index (χ0n) is 22.9. The molecule has 4 aliphatic rings. The third-order valence-electron chi connectivity index (χ3n) is 8.73. The second-order valence-electron chi connectivity index (χ2n) is 12.0. The van der Waals surface area contributed by atoms with Crippen molar-refractivity contribution in [3.8, 4) is 0 Å². The Kier molecular flexibility index (Phi) is 7.63. The normalized spacial score (nSPS) is 29.8. The first kappa shape index (κ1) is 27.6. The lowest BCUT2D eigenvalue weighted by Gasteiger charge is -2.32. The number of benzene rings is 1. The lowest BCUT2D eigenvalue weighted by Crippen LogP contribution is -2.56. The minimum atomic E-state index is -0.794. The molecule has 0 aromatic heterocycles. The van der Waals surface area contributed by atoms with Gasteiger partial charge in [-0.05, 0) is 64.9 Å². The maximum absolute atomic E-state index is 13.4. The third kappa shape index (κ3) is 5.64. The van der Waals surface area contributed by atoms with Crippen LogP contribution in [-0.4, -0.2) is 70.7 Å². The summed E-state index contributed by atoms with van der Waals surface area (Å²) in [6, 6.07) is 9.57. The van der Waals surface area contributed by atoms with Crippen LogP contribution in [0.25, 0.3) is 0 Å². The van der Waals surface area contributed by atoms with Crippen LogP contribution in [0.3, 0.4) is 0 Å². The molecule has 0 bridgehead atoms. The van der Waals surface area contributed by atoms with Crippen LogP contribution in [0.15, 0.2) is 42.3 Å². The number of carbonyl (C=O) groups excluding carboxylic acids is 2. The quantitative estimate of drug-likeness (QED) is 0.347. The van der Waals surface area contributed by atoms with Gasteiger partial charge in [-0.3, -0.25) is 9.59 Å². The van der Waals surface area contributed by atoms with E-state index >= 15 is 0 Å². The first-order chi connectivity index (χ1) is 18.0. The van der Waals surface area contributed by atoms with Gasteiger partial charge in [0.1, 0.15) is 12.9 Å². The average Bonchev–Trinajstić information content (AvgIpc) is 3.81. The van der Waals surface area contributed by atoms with Crippen LogP contribution in [0.4, 0.5) is 0 Å². The van der Waals surface area contributed by atoms with Crippen LogP contribution in [0.5, 0.6) is 0 Å². The monoisotopic (exact) mass is 541 g/mol. The fourth-order valence-electron chi connectivity index (χ4n) is 5.33. The summed E-state index contributed by atoms with van der Waals surface area (Å²) in [7, 11) is -0.553. The molecule has 1 saturated carbocycles. The lowest BCUT2D eigenvalue weighted by molar-refractivity contribution is -0.131. The number of nitrogens with zero attached hydrogens (tertiary/aromatic N) is 1. The lowest BCUT2D eigenvalue weighted by atomic mass is 9.72. The molecule has 1 aliphatic carbocycles. The standard InChI is InChI=1S/C28H40BN3O5S/c1-26(2)27(3,4)37-29(36-26)28(16-20(28)11-10-19-8-6-5-7-9-19)31-25(34)21(30)12-13-24(33)32-14-15-35-17-22(32)23-18-38-23/h5-9,17,20-21,23H,10-16,18,30H2,1-4H3,(H,31,34)/t20?,21-,23?,28-/m1/s1. The Morgan fingerprint density at radius 1 is 1.18 bits per heavy atom. The van der Waals surface area contributed by atoms with Gasteiger partial charge in [0.2, 0.25) is 11.8 Å². The Morgan fingerprint density at radius 3 is 2.53 bits per heavy atom. The molecule has 2 saturated heterocycles. The fraction of sp³-hybridized carbons (Fsp3) is 0.643. The molecule has 3 N–H and O–H groups in total. The van der Waals surface area contributed by atoms with Crippen LogP contribution in [-0.2, 0) is 30.1 Å². The summed E-state index contributed by atoms with van der Waals surface area (Å²) in [6.07, 6.45) is 4.79. The van der Waals surface area contributed by atoms with Crippen LogP contribution in [0, 0.1) is 5.92 Å². The molecule has 4 atom stereocenters. The Balaban J connectivity index is 1.21. The molecule has 1 aromatic rings. The molecule has 206 valence electrons. The highest BCUT2D eigenvalue weighted by atomic mass is 32.2. The highest BCUT2D eigenvalue weighted by Gasteiger charge is 2.70. The summed E-state index contributed by atoms with van der Waals surface area (Å²) in [6.45, 7) is 9.12. The fourth-order valence-corrected chi connectivity index (χ4v) is 5.95. The van der Waals surface area contributed by atoms with Gasteiger partial charge in [-0.2, -0.15) is 0 Å². The second-order valence-corrected chi connectivity index (χ2v) is 13.2. The average molecular weight is 542 g/mol. The van der Waals surface area contributed by atoms with E-state index in [4.69, 9.17) is 19.8 Å². The van der Waals surface area contributed by atoms with Crippen molar-refractivity contribution >= 4 is 30.7 Å². The van der Waals surface area contributed by atoms with E-state index in [0.29, 0.717) is 18.4 Å². The van der Waals surface area contributed by atoms with Crippen LogP contribution >= 0.6 is 11.8 Å². The van der Waals surface area contributed by atoms with Gasteiger partial charge >= 0.3 is 7.12 Å². The maximum atomic E-state index is 13.4. The first-order valence-electron chi connectivity index (χ1n) is 13.7. The molecule has 8 nitrogen and oxygen atoms in total. The molecule has 3 heterocycles. The predicted octanol–water partition coefficient (Wildman–Crippen LogP) is 3.05. The molecule has 5 rings (SSSR count). The van der Waals surface area contributed by atoms with Crippen molar-refractivity contribution < 1.29 is 23.6 Å². The van der Waals surface area contributed by atoms with Gasteiger partial charge in [0.05, 0.1) is 40.2 Å². The highest BCUT2D eigenvalue weighted by Crippen LogP contribution is 2.53. The molecule has 38 heavy (non-hydrogen) atoms. The van der Waals surface area contributed by atoms with Crippen LogP contribution in [0.1, 0.15) is 58.9 Å². The van der Waals surface area contributed by atoms with Gasteiger partial charge in [-0.15, -0.1) is 11.8 Å². The highest BCUT2D eigenvalue weighted by molar-refractivity contribution is 8.07. The van der Waals surface area contributed by atoms with E-state index < -0.39 is 29.8 Å². The minimum Gasteiger partial charge on any atom is -0.497 e. The second kappa shape index (κ2) is 10.5. The number of nitrogens with two attached hydrogens (primary N) is 1. The van der Waals surface area contributed by atoms with Crippen molar-refractivity contribution in [1.29, 1.82) is 0 Å². The number of thioether (sulfide) groups is 1. The van der Waals surface area contributed by atoms with E-state index in [1.165, 1.54) is 5.56 Å². The number of amides is 2. The third-order valence-corrected chi connectivity index (χ3v) is 9.63. The summed E-state index contributed by atoms with van der Waals surface area (Å²) >= 11 is 1.80. The molecule has 1 aromatic carbocycles. The number of hydrogen-bond donors (Lipinski definition) is 2. The van der Waals surface area contributed by atoms with Crippen molar-refractivity contribution in [1.82, 2.24) is 10.2 Å². The number of ether oxygens (including phenoxy) is 1. The van der Waals surface area contributed by atoms with E-state index in [1.807, 2.05) is 45.9 Å². The van der Waals surface area contributed by atoms with Crippen LogP contribution in [0.2, 0.25) is 0 Å². The summed E-state index contributed by atoms with van der Waals surface area (Å²) < 4.78 is 18.3. The number of aryl methyl sites for hydroxylation is 1. The van der Waals surface area contributed by atoms with E-state index in [-0.39, 0.29) is 30.6 Å². The molecule has 0 spiro atoms. The molecule has 10 heteroatoms. The number of rotatable bonds is 10. The molecule has 0 radical (unpaired) electrons. The first-order valence-corrected chi connectivity index (χ1v) is 14.8. The van der Waals surface area contributed by atoms with Gasteiger partial charge in [0, 0.05) is 12.2 Å². The SMILES string of the molecule is CC1(C)OB([C@@]2(NC(=O)[C@H](N)CCC(=O)N3CCOC=C3C3CS3)CC2CCc2ccccc2)OC1(C)C. The number of carbonyl (C=O) groups is 2. The Morgan fingerprint density at radius 2 is 1.87 bits per heavy atom. The van der Waals surface area contributed by atoms with Gasteiger partial charge in [0.25, 0.3) is 0 Å². The van der Waals surface area contributed by atoms with E-state index in [1.54, 1.807) is 22.9 Å². The van der Waals surface area contributed by atoms with Crippen molar-refractivity contribution in [2.45, 2.75) is 87.7 Å². The molecular formula is C28H40BN3O5S. The van der Waals surface area contributed by atoms with Gasteiger partial charge in [0.15, 0.2) is 0 Å². The predicted molar refractivity (Wildman–Crippen MR) is 149 cm³/mol. The van der Waals surface area contributed by atoms with Gasteiger partial charge in [-0.1, -0.05) is 30.3 Å². The van der Waals surface area contributed by atoms with Crippen molar-refractivity contribution in [2.75, 3.05) is 18.9 Å². The Labute approximate surface area is 230 Å². The number of nitrogens with one attached hydrogen (secondary N) is 1. The summed E-state index contributed by atoms with van der Waals surface area (Å²) in [5.74, 6) is 0.952. The van der Waals surface area contributed by atoms with E-state index in [0.717, 1.165) is 30.7 Å². The summed E-state index contributed by atoms with van der Waals surface area (Å²) in [5.41, 5.74) is 6.92. The number of hydrogen-bond acceptors (Lipinski definition) is 7. The summed E-state index contributed by atoms with van der Waals surface area (Å²) in [4.78, 5) is 28.1. The van der Waals surface area contributed by atoms with Crippen LogP contribution < -0.4 is 11.1 Å². The maximum Gasteiger partial charge on any atom is 0.485 e. The zero-order chi connectivity index (χ0) is 27.1. The minimum absolute atomic E-state index is 0.0110. The van der Waals surface area contributed by atoms with E-state index in [9.17, 15) is 9.59 Å². The van der Waals surface area contributed by atoms with Crippen molar-refractivity contribution in [2.24, 2.45) is 11.7 Å². The Hall–Kier alpha value is -2.01. The van der Waals surface area contributed by atoms with Gasteiger partial charge < -0.3 is 30.0 Å². The van der Waals surface area contributed by atoms with Crippen molar-refractivity contribution in [3.05, 3.63) is 47.9 Å².